The van der Waals surface area contributed by atoms with Crippen LogP contribution in [0.1, 0.15) is 16.1 Å². The summed E-state index contributed by atoms with van der Waals surface area (Å²) >= 11 is 3.21. The Morgan fingerprint density at radius 2 is 2.05 bits per heavy atom. The number of aromatic nitrogens is 1. The Morgan fingerprint density at radius 3 is 2.62 bits per heavy atom. The molecule has 0 bridgehead atoms. The lowest BCUT2D eigenvalue weighted by Crippen LogP contribution is -2.15. The summed E-state index contributed by atoms with van der Waals surface area (Å²) in [5.41, 5.74) is 1.49. The van der Waals surface area contributed by atoms with Gasteiger partial charge in [0.25, 0.3) is 5.91 Å². The number of benzene rings is 1. The summed E-state index contributed by atoms with van der Waals surface area (Å²) in [5, 5.41) is 7.73. The van der Waals surface area contributed by atoms with Crippen LogP contribution in [-0.4, -0.2) is 19.3 Å². The van der Waals surface area contributed by atoms with Crippen LogP contribution in [0.5, 0.6) is 0 Å². The molecule has 8 heteroatoms. The van der Waals surface area contributed by atoms with Gasteiger partial charge in [0.05, 0.1) is 16.1 Å². The lowest BCUT2D eigenvalue weighted by atomic mass is 10.2. The van der Waals surface area contributed by atoms with Crippen LogP contribution >= 0.6 is 15.9 Å². The number of carbonyl (C=O) groups is 1. The smallest absolute Gasteiger partial charge is 0.257 e. The predicted molar refractivity (Wildman–Crippen MR) is 82.4 cm³/mol. The number of rotatable bonds is 3. The second-order valence-corrected chi connectivity index (χ2v) is 6.69. The van der Waals surface area contributed by atoms with Gasteiger partial charge in [-0.15, -0.1) is 0 Å². The molecule has 0 radical (unpaired) electrons. The molecule has 110 valence electrons. The standard InChI is InChI=1S/C13H12BrN3O3S/c1-8-10(3-2-6-16-8)13(18)17-12-5-4-9(7-11(12)14)21(15,19)20/h2-7H,1H3,(H,17,18)(H2,15,19,20). The number of hydrogen-bond acceptors (Lipinski definition) is 4. The highest BCUT2D eigenvalue weighted by Gasteiger charge is 2.14. The van der Waals surface area contributed by atoms with E-state index in [-0.39, 0.29) is 10.8 Å². The zero-order valence-electron chi connectivity index (χ0n) is 11.0. The average molecular weight is 370 g/mol. The van der Waals surface area contributed by atoms with Crippen molar-refractivity contribution in [2.24, 2.45) is 5.14 Å². The zero-order valence-corrected chi connectivity index (χ0v) is 13.4. The number of anilines is 1. The van der Waals surface area contributed by atoms with Crippen LogP contribution in [0.3, 0.4) is 0 Å². The van der Waals surface area contributed by atoms with Crippen molar-refractivity contribution >= 4 is 37.5 Å². The molecule has 3 N–H and O–H groups in total. The molecule has 0 aliphatic heterocycles. The largest absolute Gasteiger partial charge is 0.321 e. The van der Waals surface area contributed by atoms with Crippen molar-refractivity contribution in [1.29, 1.82) is 0 Å². The highest BCUT2D eigenvalue weighted by Crippen LogP contribution is 2.25. The first kappa shape index (κ1) is 15.6. The molecule has 6 nitrogen and oxygen atoms in total. The third kappa shape index (κ3) is 3.66. The van der Waals surface area contributed by atoms with Crippen LogP contribution in [0, 0.1) is 6.92 Å². The van der Waals surface area contributed by atoms with Gasteiger partial charge in [-0.3, -0.25) is 9.78 Å². The number of sulfonamides is 1. The number of hydrogen-bond donors (Lipinski definition) is 2. The molecule has 0 fully saturated rings. The predicted octanol–water partition coefficient (Wildman–Crippen LogP) is 2.05. The van der Waals surface area contributed by atoms with E-state index in [0.717, 1.165) is 0 Å². The van der Waals surface area contributed by atoms with E-state index in [9.17, 15) is 13.2 Å². The van der Waals surface area contributed by atoms with Crippen molar-refractivity contribution in [2.75, 3.05) is 5.32 Å². The van der Waals surface area contributed by atoms with Crippen LogP contribution in [0.2, 0.25) is 0 Å². The van der Waals surface area contributed by atoms with Gasteiger partial charge in [0.2, 0.25) is 10.0 Å². The Balaban J connectivity index is 2.29. The fraction of sp³-hybridized carbons (Fsp3) is 0.0769. The summed E-state index contributed by atoms with van der Waals surface area (Å²) in [6.45, 7) is 1.73. The van der Waals surface area contributed by atoms with E-state index in [2.05, 4.69) is 26.2 Å². The minimum Gasteiger partial charge on any atom is -0.321 e. The molecule has 0 atom stereocenters. The maximum atomic E-state index is 12.2. The molecule has 0 aliphatic carbocycles. The van der Waals surface area contributed by atoms with Crippen LogP contribution in [-0.2, 0) is 10.0 Å². The van der Waals surface area contributed by atoms with Crippen molar-refractivity contribution in [3.05, 3.63) is 52.3 Å². The molecular weight excluding hydrogens is 358 g/mol. The molecule has 1 heterocycles. The Hall–Kier alpha value is -1.77. The molecule has 2 aromatic rings. The number of aryl methyl sites for hydroxylation is 1. The van der Waals surface area contributed by atoms with Crippen LogP contribution in [0.15, 0.2) is 45.9 Å². The maximum Gasteiger partial charge on any atom is 0.257 e. The summed E-state index contributed by atoms with van der Waals surface area (Å²) in [4.78, 5) is 16.2. The summed E-state index contributed by atoms with van der Waals surface area (Å²) in [7, 11) is -3.78. The number of primary sulfonamides is 1. The minimum absolute atomic E-state index is 0.0371. The minimum atomic E-state index is -3.78. The Kier molecular flexibility index (Phi) is 4.40. The van der Waals surface area contributed by atoms with Gasteiger partial charge in [-0.05, 0) is 53.2 Å². The van der Waals surface area contributed by atoms with E-state index in [0.29, 0.717) is 21.4 Å². The maximum absolute atomic E-state index is 12.2. The highest BCUT2D eigenvalue weighted by atomic mass is 79.9. The number of amides is 1. The molecule has 1 aromatic heterocycles. The van der Waals surface area contributed by atoms with Gasteiger partial charge in [-0.2, -0.15) is 0 Å². The normalized spacial score (nSPS) is 11.2. The third-order valence-electron chi connectivity index (χ3n) is 2.77. The van der Waals surface area contributed by atoms with E-state index in [1.807, 2.05) is 0 Å². The number of halogens is 1. The molecule has 0 saturated carbocycles. The first-order chi connectivity index (χ1) is 9.79. The van der Waals surface area contributed by atoms with E-state index in [4.69, 9.17) is 5.14 Å². The van der Waals surface area contributed by atoms with Crippen LogP contribution < -0.4 is 10.5 Å². The summed E-state index contributed by atoms with van der Waals surface area (Å²) < 4.78 is 22.9. The SMILES string of the molecule is Cc1ncccc1C(=O)Nc1ccc(S(N)(=O)=O)cc1Br. The molecule has 0 spiro atoms. The second-order valence-electron chi connectivity index (χ2n) is 4.28. The van der Waals surface area contributed by atoms with Crippen molar-refractivity contribution in [3.8, 4) is 0 Å². The monoisotopic (exact) mass is 369 g/mol. The lowest BCUT2D eigenvalue weighted by molar-refractivity contribution is 0.102. The van der Waals surface area contributed by atoms with E-state index < -0.39 is 10.0 Å². The van der Waals surface area contributed by atoms with Gasteiger partial charge in [0.15, 0.2) is 0 Å². The van der Waals surface area contributed by atoms with Crippen LogP contribution in [0.4, 0.5) is 5.69 Å². The van der Waals surface area contributed by atoms with E-state index >= 15 is 0 Å². The molecule has 0 aliphatic rings. The van der Waals surface area contributed by atoms with Gasteiger partial charge < -0.3 is 5.32 Å². The number of nitrogens with two attached hydrogens (primary N) is 1. The van der Waals surface area contributed by atoms with E-state index in [1.54, 1.807) is 25.3 Å². The van der Waals surface area contributed by atoms with Gasteiger partial charge in [-0.1, -0.05) is 0 Å². The molecular formula is C13H12BrN3O3S. The molecule has 21 heavy (non-hydrogen) atoms. The van der Waals surface area contributed by atoms with Gasteiger partial charge >= 0.3 is 0 Å². The number of nitrogens with zero attached hydrogens (tertiary/aromatic N) is 1. The van der Waals surface area contributed by atoms with Gasteiger partial charge in [0.1, 0.15) is 0 Å². The molecule has 1 aromatic carbocycles. The number of nitrogens with one attached hydrogen (secondary N) is 1. The van der Waals surface area contributed by atoms with E-state index in [1.165, 1.54) is 18.2 Å². The van der Waals surface area contributed by atoms with Crippen molar-refractivity contribution < 1.29 is 13.2 Å². The number of pyridine rings is 1. The summed E-state index contributed by atoms with van der Waals surface area (Å²) in [5.74, 6) is -0.329. The van der Waals surface area contributed by atoms with Crippen LogP contribution in [0.25, 0.3) is 0 Å². The summed E-state index contributed by atoms with van der Waals surface area (Å²) in [6, 6.07) is 7.45. The first-order valence-electron chi connectivity index (χ1n) is 5.84. The second kappa shape index (κ2) is 5.92. The third-order valence-corrected chi connectivity index (χ3v) is 4.34. The molecule has 2 rings (SSSR count). The molecule has 1 amide bonds. The highest BCUT2D eigenvalue weighted by molar-refractivity contribution is 9.10. The average Bonchev–Trinajstić information content (AvgIpc) is 2.40. The zero-order chi connectivity index (χ0) is 15.6. The number of carbonyl (C=O) groups excluding carboxylic acids is 1. The van der Waals surface area contributed by atoms with Crippen molar-refractivity contribution in [1.82, 2.24) is 4.98 Å². The van der Waals surface area contributed by atoms with Gasteiger partial charge in [0, 0.05) is 16.4 Å². The lowest BCUT2D eigenvalue weighted by Gasteiger charge is -2.09. The Labute approximate surface area is 130 Å². The quantitative estimate of drug-likeness (QED) is 0.863. The molecule has 0 unspecified atom stereocenters. The fourth-order valence-corrected chi connectivity index (χ4v) is 2.86. The van der Waals surface area contributed by atoms with Gasteiger partial charge in [-0.25, -0.2) is 13.6 Å². The Morgan fingerprint density at radius 1 is 1.33 bits per heavy atom. The summed E-state index contributed by atoms with van der Waals surface area (Å²) in [6.07, 6.45) is 1.60. The topological polar surface area (TPSA) is 102 Å². The Bertz CT molecular complexity index is 806. The first-order valence-corrected chi connectivity index (χ1v) is 8.18. The fourth-order valence-electron chi connectivity index (χ4n) is 1.69. The van der Waals surface area contributed by atoms with Crippen molar-refractivity contribution in [2.45, 2.75) is 11.8 Å². The van der Waals surface area contributed by atoms with Crippen molar-refractivity contribution in [3.63, 3.8) is 0 Å². The molecule has 0 saturated heterocycles.